The van der Waals surface area contributed by atoms with E-state index in [2.05, 4.69) is 14.9 Å². The number of nitrogens with zero attached hydrogens (tertiary/aromatic N) is 5. The molecule has 0 bridgehead atoms. The number of aliphatic imine (C=N–C) groups is 1. The van der Waals surface area contributed by atoms with Crippen molar-refractivity contribution in [2.45, 2.75) is 18.8 Å². The van der Waals surface area contributed by atoms with Crippen LogP contribution in [0.1, 0.15) is 45.2 Å². The minimum Gasteiger partial charge on any atom is -0.497 e. The van der Waals surface area contributed by atoms with Crippen LogP contribution in [-0.2, 0) is 0 Å². The molecule has 0 saturated carbocycles. The van der Waals surface area contributed by atoms with Gasteiger partial charge in [-0.3, -0.25) is 24.5 Å². The van der Waals surface area contributed by atoms with Crippen molar-refractivity contribution in [2.75, 3.05) is 39.3 Å². The molecule has 2 amide bonds. The fraction of sp³-hybridized carbons (Fsp3) is 0.250. The van der Waals surface area contributed by atoms with E-state index < -0.39 is 0 Å². The molecule has 0 aliphatic carbocycles. The molecule has 1 unspecified atom stereocenters. The van der Waals surface area contributed by atoms with Crippen molar-refractivity contribution in [2.24, 2.45) is 4.99 Å². The molecule has 1 aromatic heterocycles. The second kappa shape index (κ2) is 12.6. The summed E-state index contributed by atoms with van der Waals surface area (Å²) in [7, 11) is 4.88. The Balaban J connectivity index is 1.42. The summed E-state index contributed by atoms with van der Waals surface area (Å²) < 4.78 is 11.1. The molecule has 0 radical (unpaired) electrons. The molecular formula is C32H32N6O4. The van der Waals surface area contributed by atoms with Crippen LogP contribution in [0.25, 0.3) is 11.0 Å². The Hall–Kier alpha value is -5.12. The lowest BCUT2D eigenvalue weighted by Gasteiger charge is -2.26. The number of benzene rings is 3. The second-order valence-corrected chi connectivity index (χ2v) is 9.80. The number of nitrogens with one attached hydrogen (secondary N) is 1. The molecule has 3 aromatic carbocycles. The molecule has 0 spiro atoms. The average molecular weight is 565 g/mol. The predicted molar refractivity (Wildman–Crippen MR) is 163 cm³/mol. The lowest BCUT2D eigenvalue weighted by atomic mass is 10.1. The van der Waals surface area contributed by atoms with Crippen molar-refractivity contribution in [3.05, 3.63) is 83.7 Å². The number of methoxy groups -OCH3 is 2. The Morgan fingerprint density at radius 2 is 1.62 bits per heavy atom. The number of fused-ring (bicyclic) bond motifs is 2. The van der Waals surface area contributed by atoms with Crippen LogP contribution >= 0.6 is 0 Å². The Bertz CT molecular complexity index is 1610. The first-order valence-corrected chi connectivity index (χ1v) is 13.6. The Labute approximate surface area is 244 Å². The van der Waals surface area contributed by atoms with E-state index in [1.165, 1.54) is 11.1 Å². The Morgan fingerprint density at radius 3 is 2.24 bits per heavy atom. The van der Waals surface area contributed by atoms with Crippen LogP contribution in [-0.4, -0.2) is 73.5 Å². The second-order valence-electron chi connectivity index (χ2n) is 9.80. The number of ether oxygens (including phenoxy) is 2. The largest absolute Gasteiger partial charge is 0.497 e. The van der Waals surface area contributed by atoms with Gasteiger partial charge in [0.2, 0.25) is 0 Å². The van der Waals surface area contributed by atoms with Crippen LogP contribution < -0.4 is 14.4 Å². The molecule has 5 rings (SSSR count). The van der Waals surface area contributed by atoms with Gasteiger partial charge in [-0.05, 0) is 43.2 Å². The monoisotopic (exact) mass is 564 g/mol. The number of imide groups is 1. The summed E-state index contributed by atoms with van der Waals surface area (Å²) in [4.78, 5) is 42.5. The summed E-state index contributed by atoms with van der Waals surface area (Å²) in [5.41, 5.74) is 4.70. The van der Waals surface area contributed by atoms with Crippen LogP contribution in [0.5, 0.6) is 11.5 Å². The van der Waals surface area contributed by atoms with Crippen LogP contribution in [0, 0.1) is 5.41 Å². The zero-order chi connectivity index (χ0) is 29.6. The highest BCUT2D eigenvalue weighted by molar-refractivity contribution is 6.21. The number of amides is 2. The number of anilines is 2. The molecule has 0 saturated heterocycles. The van der Waals surface area contributed by atoms with Crippen LogP contribution in [0.4, 0.5) is 11.4 Å². The smallest absolute Gasteiger partial charge is 0.261 e. The lowest BCUT2D eigenvalue weighted by Crippen LogP contribution is -2.31. The van der Waals surface area contributed by atoms with E-state index in [9.17, 15) is 9.59 Å². The Kier molecular flexibility index (Phi) is 8.52. The zero-order valence-electron chi connectivity index (χ0n) is 23.8. The van der Waals surface area contributed by atoms with Gasteiger partial charge < -0.3 is 19.8 Å². The van der Waals surface area contributed by atoms with E-state index in [0.29, 0.717) is 59.8 Å². The summed E-state index contributed by atoms with van der Waals surface area (Å²) in [6.45, 7) is 0.919. The van der Waals surface area contributed by atoms with E-state index in [0.717, 1.165) is 16.9 Å². The first-order valence-electron chi connectivity index (χ1n) is 13.6. The molecule has 1 aliphatic rings. The maximum Gasteiger partial charge on any atom is 0.261 e. The van der Waals surface area contributed by atoms with Gasteiger partial charge >= 0.3 is 0 Å². The first kappa shape index (κ1) is 28.4. The van der Waals surface area contributed by atoms with Crippen molar-refractivity contribution < 1.29 is 19.1 Å². The number of aromatic nitrogens is 2. The van der Waals surface area contributed by atoms with E-state index in [1.54, 1.807) is 57.9 Å². The quantitative estimate of drug-likeness (QED) is 0.141. The van der Waals surface area contributed by atoms with Crippen molar-refractivity contribution in [3.8, 4) is 11.5 Å². The van der Waals surface area contributed by atoms with Gasteiger partial charge in [0, 0.05) is 62.1 Å². The summed E-state index contributed by atoms with van der Waals surface area (Å²) >= 11 is 0. The fourth-order valence-electron chi connectivity index (χ4n) is 5.05. The number of carbonyl (C=O) groups excluding carboxylic acids is 2. The summed E-state index contributed by atoms with van der Waals surface area (Å²) in [5, 5.41) is 7.77. The van der Waals surface area contributed by atoms with Gasteiger partial charge in [0.05, 0.1) is 54.2 Å². The van der Waals surface area contributed by atoms with Gasteiger partial charge in [-0.1, -0.05) is 12.1 Å². The normalized spacial score (nSPS) is 13.5. The third-order valence-corrected chi connectivity index (χ3v) is 7.23. The molecule has 0 fully saturated rings. The van der Waals surface area contributed by atoms with Gasteiger partial charge in [0.15, 0.2) is 0 Å². The highest BCUT2D eigenvalue weighted by Gasteiger charge is 2.34. The van der Waals surface area contributed by atoms with Gasteiger partial charge in [0.25, 0.3) is 11.8 Å². The zero-order valence-corrected chi connectivity index (χ0v) is 23.8. The van der Waals surface area contributed by atoms with Crippen LogP contribution in [0.3, 0.4) is 0 Å². The summed E-state index contributed by atoms with van der Waals surface area (Å²) in [6, 6.07) is 18.5. The van der Waals surface area contributed by atoms with Crippen LogP contribution in [0.15, 0.2) is 71.9 Å². The van der Waals surface area contributed by atoms with E-state index in [4.69, 9.17) is 19.9 Å². The topological polar surface area (TPSA) is 121 Å². The standard InChI is InChI=1S/C32H32N6O4/c1-34-19-21(18-33)30-20-35-28-11-10-22(16-29(28)36-30)37(23-14-24(41-2)17-25(15-23)42-3)12-6-7-13-38-31(39)26-8-4-5-9-27(26)32(38)40/h4-5,8-11,14-21,33H,6-7,12-13H2,1-3H3. The average Bonchev–Trinajstić information content (AvgIpc) is 3.27. The summed E-state index contributed by atoms with van der Waals surface area (Å²) in [6.07, 6.45) is 5.94. The molecule has 42 heavy (non-hydrogen) atoms. The Morgan fingerprint density at radius 1 is 0.929 bits per heavy atom. The number of carbonyl (C=O) groups is 2. The molecule has 214 valence electrons. The van der Waals surface area contributed by atoms with Crippen molar-refractivity contribution >= 4 is 46.7 Å². The van der Waals surface area contributed by atoms with Gasteiger partial charge in [-0.25, -0.2) is 4.98 Å². The minimum absolute atomic E-state index is 0.245. The number of hydrogen-bond acceptors (Lipinski definition) is 9. The number of hydrogen-bond donors (Lipinski definition) is 1. The molecule has 10 nitrogen and oxygen atoms in total. The third kappa shape index (κ3) is 5.69. The molecule has 1 N–H and O–H groups in total. The third-order valence-electron chi connectivity index (χ3n) is 7.23. The molecular weight excluding hydrogens is 532 g/mol. The van der Waals surface area contributed by atoms with Gasteiger partial charge in [-0.15, -0.1) is 0 Å². The summed E-state index contributed by atoms with van der Waals surface area (Å²) in [5.74, 6) is 0.443. The SMILES string of the molecule is CN=CC(C=N)c1cnc2ccc(N(CCCCN3C(=O)c4ccccc4C3=O)c3cc(OC)cc(OC)c3)cc2n1. The molecule has 1 atom stereocenters. The molecule has 4 aromatic rings. The highest BCUT2D eigenvalue weighted by atomic mass is 16.5. The maximum absolute atomic E-state index is 12.8. The lowest BCUT2D eigenvalue weighted by molar-refractivity contribution is 0.0652. The molecule has 1 aliphatic heterocycles. The van der Waals surface area contributed by atoms with Gasteiger partial charge in [0.1, 0.15) is 11.5 Å². The molecule has 10 heteroatoms. The van der Waals surface area contributed by atoms with E-state index in [-0.39, 0.29) is 17.7 Å². The highest BCUT2D eigenvalue weighted by Crippen LogP contribution is 2.34. The van der Waals surface area contributed by atoms with Crippen molar-refractivity contribution in [1.29, 1.82) is 5.41 Å². The van der Waals surface area contributed by atoms with Gasteiger partial charge in [-0.2, -0.15) is 0 Å². The predicted octanol–water partition coefficient (Wildman–Crippen LogP) is 5.30. The van der Waals surface area contributed by atoms with Crippen molar-refractivity contribution in [3.63, 3.8) is 0 Å². The minimum atomic E-state index is -0.364. The maximum atomic E-state index is 12.8. The number of rotatable bonds is 12. The number of unbranched alkanes of at least 4 members (excludes halogenated alkanes) is 1. The first-order chi connectivity index (χ1) is 20.5. The van der Waals surface area contributed by atoms with E-state index in [1.807, 2.05) is 36.4 Å². The molecule has 2 heterocycles. The van der Waals surface area contributed by atoms with Crippen molar-refractivity contribution in [1.82, 2.24) is 14.9 Å². The fourth-order valence-corrected chi connectivity index (χ4v) is 5.05. The van der Waals surface area contributed by atoms with Crippen LogP contribution in [0.2, 0.25) is 0 Å². The van der Waals surface area contributed by atoms with E-state index >= 15 is 0 Å².